The first-order chi connectivity index (χ1) is 11.3. The Balaban J connectivity index is 1.68. The van der Waals surface area contributed by atoms with Gasteiger partial charge in [-0.15, -0.1) is 0 Å². The van der Waals surface area contributed by atoms with Crippen molar-refractivity contribution in [3.63, 3.8) is 0 Å². The van der Waals surface area contributed by atoms with E-state index in [4.69, 9.17) is 11.6 Å². The summed E-state index contributed by atoms with van der Waals surface area (Å²) in [7, 11) is 0. The first-order valence-corrected chi connectivity index (χ1v) is 7.72. The number of hydrogen-bond acceptors (Lipinski definition) is 1. The molecule has 7 heteroatoms. The van der Waals surface area contributed by atoms with Crippen molar-refractivity contribution in [2.24, 2.45) is 0 Å². The van der Waals surface area contributed by atoms with Crippen molar-refractivity contribution < 1.29 is 18.0 Å². The monoisotopic (exact) mass is 354 g/mol. The molecule has 2 aromatic carbocycles. The minimum absolute atomic E-state index is 0.0421. The standard InChI is InChI=1S/C17H14ClF3N2O/c18-12-5-6-15(14(9-12)17(19,20)21)23-16(24)22-13-7-10-3-1-2-4-11(10)8-13/h1-6,9,13H,7-8H2,(H2,22,23,24). The Morgan fingerprint density at radius 1 is 1.08 bits per heavy atom. The Bertz CT molecular complexity index is 752. The summed E-state index contributed by atoms with van der Waals surface area (Å²) in [6.07, 6.45) is -3.27. The summed E-state index contributed by atoms with van der Waals surface area (Å²) in [5, 5.41) is 4.94. The third-order valence-electron chi connectivity index (χ3n) is 3.92. The number of halogens is 4. The number of benzene rings is 2. The lowest BCUT2D eigenvalue weighted by molar-refractivity contribution is -0.136. The van der Waals surface area contributed by atoms with Gasteiger partial charge in [0.05, 0.1) is 11.3 Å². The third kappa shape index (κ3) is 3.64. The lowest BCUT2D eigenvalue weighted by atomic mass is 10.1. The molecule has 0 heterocycles. The lowest BCUT2D eigenvalue weighted by Crippen LogP contribution is -2.38. The zero-order valence-corrected chi connectivity index (χ0v) is 13.2. The number of hydrogen-bond donors (Lipinski definition) is 2. The molecular formula is C17H14ClF3N2O. The van der Waals surface area contributed by atoms with E-state index in [-0.39, 0.29) is 16.8 Å². The largest absolute Gasteiger partial charge is 0.418 e. The predicted molar refractivity (Wildman–Crippen MR) is 86.2 cm³/mol. The second-order valence-corrected chi connectivity index (χ2v) is 6.10. The predicted octanol–water partition coefficient (Wildman–Crippen LogP) is 4.65. The summed E-state index contributed by atoms with van der Waals surface area (Å²) < 4.78 is 39.1. The molecule has 0 spiro atoms. The molecule has 2 N–H and O–H groups in total. The SMILES string of the molecule is O=C(Nc1ccc(Cl)cc1C(F)(F)F)NC1Cc2ccccc2C1. The van der Waals surface area contributed by atoms with Crippen molar-refractivity contribution >= 4 is 23.3 Å². The molecule has 1 aliphatic carbocycles. The molecule has 3 rings (SSSR count). The van der Waals surface area contributed by atoms with Crippen molar-refractivity contribution in [3.05, 3.63) is 64.2 Å². The van der Waals surface area contributed by atoms with Gasteiger partial charge >= 0.3 is 12.2 Å². The van der Waals surface area contributed by atoms with Crippen LogP contribution in [0.3, 0.4) is 0 Å². The second kappa shape index (κ2) is 6.36. The van der Waals surface area contributed by atoms with Gasteiger partial charge in [-0.2, -0.15) is 13.2 Å². The fourth-order valence-corrected chi connectivity index (χ4v) is 3.04. The van der Waals surface area contributed by atoms with Crippen LogP contribution in [0.1, 0.15) is 16.7 Å². The van der Waals surface area contributed by atoms with Crippen LogP contribution in [0.25, 0.3) is 0 Å². The molecule has 3 nitrogen and oxygen atoms in total. The molecule has 1 aliphatic rings. The van der Waals surface area contributed by atoms with Gasteiger partial charge in [-0.3, -0.25) is 0 Å². The van der Waals surface area contributed by atoms with Crippen molar-refractivity contribution in [1.82, 2.24) is 5.32 Å². The van der Waals surface area contributed by atoms with Gasteiger partial charge in [0.2, 0.25) is 0 Å². The number of alkyl halides is 3. The number of fused-ring (bicyclic) bond motifs is 1. The highest BCUT2D eigenvalue weighted by molar-refractivity contribution is 6.30. The van der Waals surface area contributed by atoms with Crippen LogP contribution in [0.4, 0.5) is 23.7 Å². The van der Waals surface area contributed by atoms with Gasteiger partial charge in [-0.1, -0.05) is 35.9 Å². The van der Waals surface area contributed by atoms with Gasteiger partial charge in [0.1, 0.15) is 0 Å². The van der Waals surface area contributed by atoms with E-state index in [1.54, 1.807) is 0 Å². The van der Waals surface area contributed by atoms with E-state index in [9.17, 15) is 18.0 Å². The molecule has 0 aliphatic heterocycles. The molecule has 0 atom stereocenters. The Morgan fingerprint density at radius 3 is 2.29 bits per heavy atom. The second-order valence-electron chi connectivity index (χ2n) is 5.66. The van der Waals surface area contributed by atoms with E-state index in [1.165, 1.54) is 6.07 Å². The molecule has 2 amide bonds. The topological polar surface area (TPSA) is 41.1 Å². The number of anilines is 1. The summed E-state index contributed by atoms with van der Waals surface area (Å²) in [6, 6.07) is 10.2. The average molecular weight is 355 g/mol. The quantitative estimate of drug-likeness (QED) is 0.810. The number of rotatable bonds is 2. The van der Waals surface area contributed by atoms with Crippen molar-refractivity contribution in [1.29, 1.82) is 0 Å². The summed E-state index contributed by atoms with van der Waals surface area (Å²) in [6.45, 7) is 0. The fraction of sp³-hybridized carbons (Fsp3) is 0.235. The molecule has 2 aromatic rings. The molecule has 126 valence electrons. The summed E-state index contributed by atoms with van der Waals surface area (Å²) in [4.78, 5) is 12.1. The van der Waals surface area contributed by atoms with Gasteiger partial charge in [-0.25, -0.2) is 4.79 Å². The highest BCUT2D eigenvalue weighted by Gasteiger charge is 2.34. The summed E-state index contributed by atoms with van der Waals surface area (Å²) in [5.41, 5.74) is 0.996. The third-order valence-corrected chi connectivity index (χ3v) is 4.16. The Labute approximate surface area is 141 Å². The molecular weight excluding hydrogens is 341 g/mol. The van der Waals surface area contributed by atoms with Crippen molar-refractivity contribution in [2.45, 2.75) is 25.1 Å². The van der Waals surface area contributed by atoms with E-state index in [1.807, 2.05) is 24.3 Å². The average Bonchev–Trinajstić information content (AvgIpc) is 2.90. The Kier molecular flexibility index (Phi) is 4.41. The lowest BCUT2D eigenvalue weighted by Gasteiger charge is -2.17. The molecule has 0 fully saturated rings. The maximum Gasteiger partial charge on any atom is 0.418 e. The zero-order valence-electron chi connectivity index (χ0n) is 12.5. The number of carbonyl (C=O) groups excluding carboxylic acids is 1. The van der Waals surface area contributed by atoms with E-state index in [0.29, 0.717) is 12.8 Å². The van der Waals surface area contributed by atoms with Gasteiger partial charge in [-0.05, 0) is 42.2 Å². The van der Waals surface area contributed by atoms with Crippen LogP contribution in [-0.4, -0.2) is 12.1 Å². The van der Waals surface area contributed by atoms with E-state index in [2.05, 4.69) is 10.6 Å². The molecule has 0 aromatic heterocycles. The molecule has 0 saturated carbocycles. The maximum absolute atomic E-state index is 13.0. The Hall–Kier alpha value is -2.21. The van der Waals surface area contributed by atoms with E-state index >= 15 is 0 Å². The van der Waals surface area contributed by atoms with E-state index < -0.39 is 17.8 Å². The fourth-order valence-electron chi connectivity index (χ4n) is 2.86. The van der Waals surface area contributed by atoms with Crippen molar-refractivity contribution in [3.8, 4) is 0 Å². The summed E-state index contributed by atoms with van der Waals surface area (Å²) in [5.74, 6) is 0. The van der Waals surface area contributed by atoms with Crippen LogP contribution < -0.4 is 10.6 Å². The Morgan fingerprint density at radius 2 is 1.71 bits per heavy atom. The smallest absolute Gasteiger partial charge is 0.334 e. The van der Waals surface area contributed by atoms with Crippen LogP contribution in [0.5, 0.6) is 0 Å². The highest BCUT2D eigenvalue weighted by Crippen LogP contribution is 2.36. The zero-order chi connectivity index (χ0) is 17.3. The van der Waals surface area contributed by atoms with Gasteiger partial charge in [0.25, 0.3) is 0 Å². The number of carbonyl (C=O) groups is 1. The minimum Gasteiger partial charge on any atom is -0.334 e. The van der Waals surface area contributed by atoms with Crippen LogP contribution >= 0.6 is 11.6 Å². The van der Waals surface area contributed by atoms with Crippen molar-refractivity contribution in [2.75, 3.05) is 5.32 Å². The minimum atomic E-state index is -4.60. The normalized spacial score (nSPS) is 14.3. The van der Waals surface area contributed by atoms with Crippen LogP contribution in [0.2, 0.25) is 5.02 Å². The molecule has 0 unspecified atom stereocenters. The first-order valence-electron chi connectivity index (χ1n) is 7.34. The molecule has 24 heavy (non-hydrogen) atoms. The summed E-state index contributed by atoms with van der Waals surface area (Å²) >= 11 is 5.62. The van der Waals surface area contributed by atoms with Crippen LogP contribution in [-0.2, 0) is 19.0 Å². The van der Waals surface area contributed by atoms with Gasteiger partial charge < -0.3 is 10.6 Å². The van der Waals surface area contributed by atoms with E-state index in [0.717, 1.165) is 23.3 Å². The first kappa shape index (κ1) is 16.6. The number of amides is 2. The number of urea groups is 1. The van der Waals surface area contributed by atoms with Crippen LogP contribution in [0.15, 0.2) is 42.5 Å². The van der Waals surface area contributed by atoms with Crippen LogP contribution in [0, 0.1) is 0 Å². The molecule has 0 bridgehead atoms. The molecule has 0 saturated heterocycles. The van der Waals surface area contributed by atoms with Gasteiger partial charge in [0.15, 0.2) is 0 Å². The number of nitrogens with one attached hydrogen (secondary N) is 2. The highest BCUT2D eigenvalue weighted by atomic mass is 35.5. The molecule has 0 radical (unpaired) electrons. The van der Waals surface area contributed by atoms with Gasteiger partial charge in [0, 0.05) is 11.1 Å². The maximum atomic E-state index is 13.0.